The van der Waals surface area contributed by atoms with Crippen LogP contribution in [0.1, 0.15) is 42.9 Å². The van der Waals surface area contributed by atoms with Crippen LogP contribution in [0.5, 0.6) is 0 Å². The zero-order valence-electron chi connectivity index (χ0n) is 10.9. The van der Waals surface area contributed by atoms with Crippen molar-refractivity contribution in [3.05, 3.63) is 28.5 Å². The van der Waals surface area contributed by atoms with E-state index in [2.05, 4.69) is 16.4 Å². The number of pyridine rings is 1. The molecule has 4 heteroatoms. The second-order valence-corrected chi connectivity index (χ2v) is 6.56. The number of halogens is 1. The highest BCUT2D eigenvalue weighted by molar-refractivity contribution is 6.31. The van der Waals surface area contributed by atoms with Gasteiger partial charge in [-0.05, 0) is 49.1 Å². The average molecular weight is 279 g/mol. The Morgan fingerprint density at radius 1 is 1.37 bits per heavy atom. The molecule has 102 valence electrons. The van der Waals surface area contributed by atoms with E-state index in [0.717, 1.165) is 23.7 Å². The minimum atomic E-state index is 0.424. The lowest BCUT2D eigenvalue weighted by Crippen LogP contribution is -2.34. The van der Waals surface area contributed by atoms with Gasteiger partial charge in [-0.3, -0.25) is 4.98 Å². The molecule has 4 rings (SSSR count). The SMILES string of the molecule is Clc1cnc(CO[C@H]2CC3CC2CN3)cc1C1CC1. The van der Waals surface area contributed by atoms with Gasteiger partial charge in [0.1, 0.15) is 0 Å². The number of rotatable bonds is 4. The molecule has 2 unspecified atom stereocenters. The number of nitrogens with one attached hydrogen (secondary N) is 1. The normalized spacial score (nSPS) is 33.0. The second-order valence-electron chi connectivity index (χ2n) is 6.16. The van der Waals surface area contributed by atoms with Crippen LogP contribution in [0.3, 0.4) is 0 Å². The van der Waals surface area contributed by atoms with Gasteiger partial charge in [0, 0.05) is 18.8 Å². The topological polar surface area (TPSA) is 34.1 Å². The summed E-state index contributed by atoms with van der Waals surface area (Å²) >= 11 is 6.20. The summed E-state index contributed by atoms with van der Waals surface area (Å²) in [4.78, 5) is 4.40. The van der Waals surface area contributed by atoms with Gasteiger partial charge in [-0.2, -0.15) is 0 Å². The van der Waals surface area contributed by atoms with E-state index in [1.807, 2.05) is 0 Å². The fraction of sp³-hybridized carbons (Fsp3) is 0.667. The summed E-state index contributed by atoms with van der Waals surface area (Å²) in [5, 5.41) is 4.33. The van der Waals surface area contributed by atoms with Gasteiger partial charge in [0.25, 0.3) is 0 Å². The van der Waals surface area contributed by atoms with Crippen molar-refractivity contribution in [2.24, 2.45) is 5.92 Å². The molecular formula is C15H19ClN2O. The monoisotopic (exact) mass is 278 g/mol. The highest BCUT2D eigenvalue weighted by Crippen LogP contribution is 2.43. The molecule has 19 heavy (non-hydrogen) atoms. The van der Waals surface area contributed by atoms with E-state index in [1.165, 1.54) is 24.8 Å². The largest absolute Gasteiger partial charge is 0.372 e. The molecule has 1 aliphatic heterocycles. The highest BCUT2D eigenvalue weighted by atomic mass is 35.5. The van der Waals surface area contributed by atoms with Crippen LogP contribution in [0.2, 0.25) is 5.02 Å². The first kappa shape index (κ1) is 12.1. The maximum Gasteiger partial charge on any atom is 0.0891 e. The lowest BCUT2D eigenvalue weighted by Gasteiger charge is -2.22. The van der Waals surface area contributed by atoms with Crippen molar-refractivity contribution in [2.75, 3.05) is 6.54 Å². The predicted molar refractivity (Wildman–Crippen MR) is 74.3 cm³/mol. The quantitative estimate of drug-likeness (QED) is 0.920. The van der Waals surface area contributed by atoms with Gasteiger partial charge in [-0.15, -0.1) is 0 Å². The van der Waals surface area contributed by atoms with E-state index in [-0.39, 0.29) is 0 Å². The van der Waals surface area contributed by atoms with E-state index in [4.69, 9.17) is 16.3 Å². The molecule has 2 bridgehead atoms. The van der Waals surface area contributed by atoms with Gasteiger partial charge in [0.2, 0.25) is 0 Å². The van der Waals surface area contributed by atoms with Crippen molar-refractivity contribution >= 4 is 11.6 Å². The first-order chi connectivity index (χ1) is 9.29. The van der Waals surface area contributed by atoms with Crippen molar-refractivity contribution in [1.29, 1.82) is 0 Å². The molecule has 3 atom stereocenters. The molecule has 2 heterocycles. The molecule has 1 aromatic heterocycles. The van der Waals surface area contributed by atoms with E-state index >= 15 is 0 Å². The lowest BCUT2D eigenvalue weighted by molar-refractivity contribution is 0.00799. The third kappa shape index (κ3) is 2.39. The molecule has 1 aromatic rings. The van der Waals surface area contributed by atoms with E-state index in [9.17, 15) is 0 Å². The summed E-state index contributed by atoms with van der Waals surface area (Å²) < 4.78 is 6.07. The zero-order chi connectivity index (χ0) is 12.8. The lowest BCUT2D eigenvalue weighted by atomic mass is 10.1. The van der Waals surface area contributed by atoms with Crippen molar-refractivity contribution in [1.82, 2.24) is 10.3 Å². The minimum absolute atomic E-state index is 0.424. The van der Waals surface area contributed by atoms with Crippen LogP contribution in [-0.4, -0.2) is 23.7 Å². The summed E-state index contributed by atoms with van der Waals surface area (Å²) in [6.07, 6.45) is 7.19. The molecule has 1 saturated heterocycles. The van der Waals surface area contributed by atoms with Crippen LogP contribution >= 0.6 is 11.6 Å². The van der Waals surface area contributed by atoms with Crippen LogP contribution in [0.4, 0.5) is 0 Å². The summed E-state index contributed by atoms with van der Waals surface area (Å²) in [5.74, 6) is 1.38. The Morgan fingerprint density at radius 2 is 2.26 bits per heavy atom. The molecule has 3 fully saturated rings. The van der Waals surface area contributed by atoms with Crippen molar-refractivity contribution < 1.29 is 4.74 Å². The number of ether oxygens (including phenoxy) is 1. The van der Waals surface area contributed by atoms with E-state index in [1.54, 1.807) is 6.20 Å². The molecule has 3 aliphatic rings. The Hall–Kier alpha value is -0.640. The summed E-state index contributed by atoms with van der Waals surface area (Å²) in [7, 11) is 0. The molecule has 0 aromatic carbocycles. The first-order valence-corrected chi connectivity index (χ1v) is 7.66. The van der Waals surface area contributed by atoms with Gasteiger partial charge in [0.05, 0.1) is 23.4 Å². The van der Waals surface area contributed by atoms with Crippen molar-refractivity contribution in [3.63, 3.8) is 0 Å². The smallest absolute Gasteiger partial charge is 0.0891 e. The second kappa shape index (κ2) is 4.72. The van der Waals surface area contributed by atoms with Crippen LogP contribution in [-0.2, 0) is 11.3 Å². The Kier molecular flexibility index (Phi) is 3.02. The molecule has 0 radical (unpaired) electrons. The fourth-order valence-electron chi connectivity index (χ4n) is 3.47. The van der Waals surface area contributed by atoms with Gasteiger partial charge in [-0.25, -0.2) is 0 Å². The Bertz CT molecular complexity index is 489. The minimum Gasteiger partial charge on any atom is -0.372 e. The van der Waals surface area contributed by atoms with Gasteiger partial charge >= 0.3 is 0 Å². The van der Waals surface area contributed by atoms with E-state index < -0.39 is 0 Å². The maximum absolute atomic E-state index is 6.20. The van der Waals surface area contributed by atoms with Crippen LogP contribution in [0.25, 0.3) is 0 Å². The molecule has 0 spiro atoms. The van der Waals surface area contributed by atoms with Crippen molar-refractivity contribution in [3.8, 4) is 0 Å². The third-order valence-corrected chi connectivity index (χ3v) is 5.02. The Morgan fingerprint density at radius 3 is 2.95 bits per heavy atom. The standard InChI is InChI=1S/C15H19ClN2O/c16-14-7-18-12(4-13(14)9-1-2-9)8-19-15-5-11-3-10(15)6-17-11/h4,7,9-11,15,17H,1-3,5-6,8H2/t10?,11?,15-/m0/s1. The van der Waals surface area contributed by atoms with E-state index in [0.29, 0.717) is 30.6 Å². The van der Waals surface area contributed by atoms with Gasteiger partial charge < -0.3 is 10.1 Å². The van der Waals surface area contributed by atoms with Gasteiger partial charge in [-0.1, -0.05) is 11.6 Å². The summed E-state index contributed by atoms with van der Waals surface area (Å²) in [5.41, 5.74) is 2.30. The Labute approximate surface area is 118 Å². The number of hydrogen-bond acceptors (Lipinski definition) is 3. The first-order valence-electron chi connectivity index (χ1n) is 7.29. The maximum atomic E-state index is 6.20. The zero-order valence-corrected chi connectivity index (χ0v) is 11.7. The highest BCUT2D eigenvalue weighted by Gasteiger charge is 2.40. The summed E-state index contributed by atoms with van der Waals surface area (Å²) in [6, 6.07) is 2.83. The predicted octanol–water partition coefficient (Wildman–Crippen LogP) is 2.88. The molecule has 0 amide bonds. The van der Waals surface area contributed by atoms with Crippen LogP contribution in [0, 0.1) is 5.92 Å². The summed E-state index contributed by atoms with van der Waals surface area (Å²) in [6.45, 7) is 1.75. The third-order valence-electron chi connectivity index (χ3n) is 4.70. The number of aromatic nitrogens is 1. The molecule has 2 aliphatic carbocycles. The number of piperidine rings is 1. The number of nitrogens with zero attached hydrogens (tertiary/aromatic N) is 1. The molecule has 3 nitrogen and oxygen atoms in total. The number of fused-ring (bicyclic) bond motifs is 2. The molecule has 1 N–H and O–H groups in total. The van der Waals surface area contributed by atoms with Crippen LogP contribution in [0.15, 0.2) is 12.3 Å². The molecular weight excluding hydrogens is 260 g/mol. The van der Waals surface area contributed by atoms with Crippen LogP contribution < -0.4 is 5.32 Å². The van der Waals surface area contributed by atoms with Gasteiger partial charge in [0.15, 0.2) is 0 Å². The molecule has 2 saturated carbocycles. The number of hydrogen-bond donors (Lipinski definition) is 1. The fourth-order valence-corrected chi connectivity index (χ4v) is 3.73. The Balaban J connectivity index is 1.41. The van der Waals surface area contributed by atoms with Crippen molar-refractivity contribution in [2.45, 2.75) is 50.4 Å². The average Bonchev–Trinajstić information content (AvgIpc) is 3.06.